The van der Waals surface area contributed by atoms with Crippen LogP contribution in [0, 0.1) is 17.8 Å². The third-order valence-electron chi connectivity index (χ3n) is 3.64. The van der Waals surface area contributed by atoms with Crippen LogP contribution in [0.5, 0.6) is 0 Å². The lowest BCUT2D eigenvalue weighted by atomic mass is 9.87. The molecule has 70 valence electrons. The molecule has 0 aromatic carbocycles. The second kappa shape index (κ2) is 2.71. The van der Waals surface area contributed by atoms with E-state index in [1.54, 1.807) is 0 Å². The Morgan fingerprint density at radius 3 is 2.17 bits per heavy atom. The molecule has 2 aliphatic rings. The van der Waals surface area contributed by atoms with Gasteiger partial charge in [0.05, 0.1) is 5.60 Å². The fourth-order valence-electron chi connectivity index (χ4n) is 2.56. The van der Waals surface area contributed by atoms with Crippen LogP contribution < -0.4 is 0 Å². The molecule has 2 rings (SSSR count). The van der Waals surface area contributed by atoms with E-state index in [9.17, 15) is 5.11 Å². The molecule has 1 saturated heterocycles. The van der Waals surface area contributed by atoms with Gasteiger partial charge < -0.3 is 9.84 Å². The Hall–Kier alpha value is -0.0800. The van der Waals surface area contributed by atoms with Crippen LogP contribution >= 0.6 is 0 Å². The molecule has 0 amide bonds. The second-order valence-electron chi connectivity index (χ2n) is 4.72. The van der Waals surface area contributed by atoms with Gasteiger partial charge in [0.25, 0.3) is 0 Å². The molecule has 1 aliphatic carbocycles. The highest BCUT2D eigenvalue weighted by molar-refractivity contribution is 4.98. The van der Waals surface area contributed by atoms with Crippen molar-refractivity contribution in [3.05, 3.63) is 0 Å². The molecule has 1 heterocycles. The average molecular weight is 170 g/mol. The molecule has 0 radical (unpaired) electrons. The Balaban J connectivity index is 2.06. The molecule has 1 saturated carbocycles. The number of ether oxygens (including phenoxy) is 1. The molecule has 1 unspecified atom stereocenters. The Kier molecular flexibility index (Phi) is 1.92. The summed E-state index contributed by atoms with van der Waals surface area (Å²) in [7, 11) is 0. The first-order valence-electron chi connectivity index (χ1n) is 4.92. The maximum atomic E-state index is 10.2. The van der Waals surface area contributed by atoms with E-state index in [1.807, 2.05) is 0 Å². The SMILES string of the molecule is CC(C)C1(O)C[C@H]2COC[C@H]2C1. The molecular weight excluding hydrogens is 152 g/mol. The molecule has 3 atom stereocenters. The highest BCUT2D eigenvalue weighted by atomic mass is 16.5. The van der Waals surface area contributed by atoms with Crippen molar-refractivity contribution in [3.63, 3.8) is 0 Å². The highest BCUT2D eigenvalue weighted by Crippen LogP contribution is 2.46. The number of hydrogen-bond acceptors (Lipinski definition) is 2. The predicted octanol–water partition coefficient (Wildman–Crippen LogP) is 1.43. The van der Waals surface area contributed by atoms with Crippen LogP contribution in [0.3, 0.4) is 0 Å². The van der Waals surface area contributed by atoms with Crippen LogP contribution in [0.2, 0.25) is 0 Å². The second-order valence-corrected chi connectivity index (χ2v) is 4.72. The predicted molar refractivity (Wildman–Crippen MR) is 46.8 cm³/mol. The molecule has 0 bridgehead atoms. The first-order chi connectivity index (χ1) is 5.62. The fraction of sp³-hybridized carbons (Fsp3) is 1.00. The number of aliphatic hydroxyl groups is 1. The number of fused-ring (bicyclic) bond motifs is 1. The molecule has 1 N–H and O–H groups in total. The van der Waals surface area contributed by atoms with Gasteiger partial charge in [-0.3, -0.25) is 0 Å². The van der Waals surface area contributed by atoms with E-state index in [0.29, 0.717) is 17.8 Å². The molecule has 12 heavy (non-hydrogen) atoms. The van der Waals surface area contributed by atoms with Gasteiger partial charge in [0.2, 0.25) is 0 Å². The summed E-state index contributed by atoms with van der Waals surface area (Å²) in [4.78, 5) is 0. The first-order valence-corrected chi connectivity index (χ1v) is 4.92. The van der Waals surface area contributed by atoms with Crippen molar-refractivity contribution in [2.24, 2.45) is 17.8 Å². The molecule has 2 heteroatoms. The van der Waals surface area contributed by atoms with Gasteiger partial charge in [-0.25, -0.2) is 0 Å². The standard InChI is InChI=1S/C10H18O2/c1-7(2)10(11)3-8-5-12-6-9(8)4-10/h7-9,11H,3-6H2,1-2H3/t8-,9+,10?. The van der Waals surface area contributed by atoms with Crippen molar-refractivity contribution in [1.29, 1.82) is 0 Å². The number of hydrogen-bond donors (Lipinski definition) is 1. The van der Waals surface area contributed by atoms with E-state index < -0.39 is 0 Å². The summed E-state index contributed by atoms with van der Waals surface area (Å²) in [5.41, 5.74) is -0.390. The molecule has 2 fully saturated rings. The molecule has 0 aromatic heterocycles. The van der Waals surface area contributed by atoms with Crippen LogP contribution in [0.4, 0.5) is 0 Å². The normalized spacial score (nSPS) is 47.0. The van der Waals surface area contributed by atoms with Crippen molar-refractivity contribution in [1.82, 2.24) is 0 Å². The van der Waals surface area contributed by atoms with E-state index in [0.717, 1.165) is 26.1 Å². The maximum absolute atomic E-state index is 10.2. The summed E-state index contributed by atoms with van der Waals surface area (Å²) >= 11 is 0. The lowest BCUT2D eigenvalue weighted by Gasteiger charge is -2.28. The van der Waals surface area contributed by atoms with Crippen molar-refractivity contribution < 1.29 is 9.84 Å². The third-order valence-corrected chi connectivity index (χ3v) is 3.64. The van der Waals surface area contributed by atoms with Gasteiger partial charge in [-0.2, -0.15) is 0 Å². The van der Waals surface area contributed by atoms with Gasteiger partial charge in [0.1, 0.15) is 0 Å². The van der Waals surface area contributed by atoms with Gasteiger partial charge >= 0.3 is 0 Å². The molecule has 0 aromatic rings. The summed E-state index contributed by atoms with van der Waals surface area (Å²) in [6, 6.07) is 0. The van der Waals surface area contributed by atoms with E-state index in [4.69, 9.17) is 4.74 Å². The van der Waals surface area contributed by atoms with Gasteiger partial charge in [-0.15, -0.1) is 0 Å². The van der Waals surface area contributed by atoms with Gasteiger partial charge in [-0.1, -0.05) is 13.8 Å². The van der Waals surface area contributed by atoms with Crippen LogP contribution in [-0.4, -0.2) is 23.9 Å². The Bertz CT molecular complexity index is 165. The smallest absolute Gasteiger partial charge is 0.0677 e. The molecule has 1 aliphatic heterocycles. The lowest BCUT2D eigenvalue weighted by molar-refractivity contribution is -0.0147. The minimum atomic E-state index is -0.390. The zero-order chi connectivity index (χ0) is 8.77. The van der Waals surface area contributed by atoms with E-state index >= 15 is 0 Å². The Morgan fingerprint density at radius 1 is 1.25 bits per heavy atom. The minimum Gasteiger partial charge on any atom is -0.390 e. The van der Waals surface area contributed by atoms with Gasteiger partial charge in [-0.05, 0) is 30.6 Å². The minimum absolute atomic E-state index is 0.390. The van der Waals surface area contributed by atoms with E-state index in [1.165, 1.54) is 0 Å². The summed E-state index contributed by atoms with van der Waals surface area (Å²) < 4.78 is 5.37. The lowest BCUT2D eigenvalue weighted by Crippen LogP contribution is -2.32. The van der Waals surface area contributed by atoms with Crippen LogP contribution in [0.1, 0.15) is 26.7 Å². The first kappa shape index (κ1) is 8.52. The van der Waals surface area contributed by atoms with Crippen molar-refractivity contribution in [2.75, 3.05) is 13.2 Å². The summed E-state index contributed by atoms with van der Waals surface area (Å²) in [5.74, 6) is 1.66. The monoisotopic (exact) mass is 170 g/mol. The summed E-state index contributed by atoms with van der Waals surface area (Å²) in [6.07, 6.45) is 1.91. The summed E-state index contributed by atoms with van der Waals surface area (Å²) in [5, 5.41) is 10.2. The van der Waals surface area contributed by atoms with Crippen molar-refractivity contribution >= 4 is 0 Å². The Labute approximate surface area is 73.9 Å². The fourth-order valence-corrected chi connectivity index (χ4v) is 2.56. The average Bonchev–Trinajstić information content (AvgIpc) is 2.44. The van der Waals surface area contributed by atoms with Gasteiger partial charge in [0.15, 0.2) is 0 Å². The zero-order valence-electron chi connectivity index (χ0n) is 7.92. The third kappa shape index (κ3) is 1.17. The zero-order valence-corrected chi connectivity index (χ0v) is 7.92. The molecule has 2 nitrogen and oxygen atoms in total. The van der Waals surface area contributed by atoms with Crippen molar-refractivity contribution in [3.8, 4) is 0 Å². The van der Waals surface area contributed by atoms with Crippen LogP contribution in [-0.2, 0) is 4.74 Å². The van der Waals surface area contributed by atoms with E-state index in [2.05, 4.69) is 13.8 Å². The quantitative estimate of drug-likeness (QED) is 0.645. The van der Waals surface area contributed by atoms with Crippen LogP contribution in [0.25, 0.3) is 0 Å². The Morgan fingerprint density at radius 2 is 1.75 bits per heavy atom. The molecular formula is C10H18O2. The van der Waals surface area contributed by atoms with Crippen LogP contribution in [0.15, 0.2) is 0 Å². The highest BCUT2D eigenvalue weighted by Gasteiger charge is 2.47. The molecule has 0 spiro atoms. The maximum Gasteiger partial charge on any atom is 0.0677 e. The van der Waals surface area contributed by atoms with Crippen molar-refractivity contribution in [2.45, 2.75) is 32.3 Å². The van der Waals surface area contributed by atoms with Gasteiger partial charge in [0, 0.05) is 13.2 Å². The van der Waals surface area contributed by atoms with E-state index in [-0.39, 0.29) is 5.60 Å². The topological polar surface area (TPSA) is 29.5 Å². The number of rotatable bonds is 1. The summed E-state index contributed by atoms with van der Waals surface area (Å²) in [6.45, 7) is 5.98. The largest absolute Gasteiger partial charge is 0.390 e.